The molecule has 1 aliphatic heterocycles. The number of hydrogen-bond acceptors (Lipinski definition) is 6. The Morgan fingerprint density at radius 2 is 2.37 bits per heavy atom. The van der Waals surface area contributed by atoms with Crippen LogP contribution in [0, 0.1) is 6.92 Å². The zero-order valence-electron chi connectivity index (χ0n) is 10.1. The molecule has 2 aromatic rings. The van der Waals surface area contributed by atoms with E-state index in [-0.39, 0.29) is 11.2 Å². The fraction of sp³-hybridized carbons (Fsp3) is 0.250. The zero-order valence-corrected chi connectivity index (χ0v) is 12.5. The van der Waals surface area contributed by atoms with Crippen molar-refractivity contribution in [2.75, 3.05) is 11.9 Å². The van der Waals surface area contributed by atoms with E-state index in [1.165, 1.54) is 11.8 Å². The van der Waals surface area contributed by atoms with Crippen molar-refractivity contribution in [3.8, 4) is 0 Å². The molecule has 2 N–H and O–H groups in total. The van der Waals surface area contributed by atoms with Crippen LogP contribution in [-0.2, 0) is 4.79 Å². The van der Waals surface area contributed by atoms with Gasteiger partial charge in [-0.1, -0.05) is 24.0 Å². The van der Waals surface area contributed by atoms with E-state index in [4.69, 9.17) is 12.2 Å². The van der Waals surface area contributed by atoms with E-state index in [9.17, 15) is 4.79 Å². The zero-order chi connectivity index (χ0) is 13.4. The Bertz CT molecular complexity index is 667. The number of anilines is 1. The van der Waals surface area contributed by atoms with Crippen molar-refractivity contribution in [3.63, 3.8) is 0 Å². The number of thiocarbonyl (C=S) groups is 1. The average molecular weight is 309 g/mol. The van der Waals surface area contributed by atoms with Gasteiger partial charge in [0, 0.05) is 12.2 Å². The second-order valence-corrected chi connectivity index (χ2v) is 7.29. The standard InChI is InChI=1S/C12H11N3OS3/c1-6-14-8-3-2-7(4-9(8)18-6)13-5-10-11(16)15-12(17)19-10/h2-4,10,13H,5H2,1H3,(H,15,16,17). The third kappa shape index (κ3) is 2.72. The molecule has 1 atom stereocenters. The molecule has 98 valence electrons. The van der Waals surface area contributed by atoms with Gasteiger partial charge < -0.3 is 10.6 Å². The van der Waals surface area contributed by atoms with Crippen LogP contribution in [0.5, 0.6) is 0 Å². The van der Waals surface area contributed by atoms with Crippen LogP contribution >= 0.6 is 35.3 Å². The molecule has 4 nitrogen and oxygen atoms in total. The normalized spacial score (nSPS) is 18.9. The van der Waals surface area contributed by atoms with Crippen molar-refractivity contribution in [3.05, 3.63) is 23.2 Å². The summed E-state index contributed by atoms with van der Waals surface area (Å²) in [6, 6.07) is 6.04. The first-order chi connectivity index (χ1) is 9.11. The minimum absolute atomic E-state index is 0.0165. The van der Waals surface area contributed by atoms with Crippen LogP contribution < -0.4 is 10.6 Å². The lowest BCUT2D eigenvalue weighted by atomic mass is 10.3. The van der Waals surface area contributed by atoms with Crippen molar-refractivity contribution in [1.29, 1.82) is 0 Å². The summed E-state index contributed by atoms with van der Waals surface area (Å²) >= 11 is 8.03. The molecule has 0 radical (unpaired) electrons. The Labute approximate surface area is 124 Å². The summed E-state index contributed by atoms with van der Waals surface area (Å²) in [7, 11) is 0. The molecule has 0 spiro atoms. The minimum atomic E-state index is -0.147. The molecule has 1 aliphatic rings. The summed E-state index contributed by atoms with van der Waals surface area (Å²) in [5.74, 6) is -0.0165. The first-order valence-corrected chi connectivity index (χ1v) is 7.85. The first-order valence-electron chi connectivity index (χ1n) is 5.74. The van der Waals surface area contributed by atoms with Crippen molar-refractivity contribution in [1.82, 2.24) is 10.3 Å². The lowest BCUT2D eigenvalue weighted by molar-refractivity contribution is -0.118. The van der Waals surface area contributed by atoms with Crippen LogP contribution in [0.4, 0.5) is 5.69 Å². The maximum absolute atomic E-state index is 11.6. The SMILES string of the molecule is Cc1nc2ccc(NCC3SC(=S)NC3=O)cc2s1. The lowest BCUT2D eigenvalue weighted by Crippen LogP contribution is -2.28. The van der Waals surface area contributed by atoms with Gasteiger partial charge in [-0.15, -0.1) is 11.3 Å². The van der Waals surface area contributed by atoms with Crippen LogP contribution in [0.15, 0.2) is 18.2 Å². The number of amides is 1. The van der Waals surface area contributed by atoms with Gasteiger partial charge in [0.1, 0.15) is 9.57 Å². The maximum Gasteiger partial charge on any atom is 0.240 e. The Hall–Kier alpha value is -1.18. The van der Waals surface area contributed by atoms with E-state index >= 15 is 0 Å². The molecule has 1 saturated heterocycles. The molecular weight excluding hydrogens is 298 g/mol. The van der Waals surface area contributed by atoms with Crippen LogP contribution in [0.2, 0.25) is 0 Å². The molecule has 1 unspecified atom stereocenters. The molecule has 7 heteroatoms. The molecule has 1 amide bonds. The van der Waals surface area contributed by atoms with E-state index in [1.807, 2.05) is 19.1 Å². The third-order valence-electron chi connectivity index (χ3n) is 2.75. The Morgan fingerprint density at radius 1 is 1.53 bits per heavy atom. The first kappa shape index (κ1) is 12.8. The second kappa shape index (κ2) is 5.07. The number of aryl methyl sites for hydroxylation is 1. The van der Waals surface area contributed by atoms with Crippen molar-refractivity contribution in [2.24, 2.45) is 0 Å². The molecule has 1 aromatic heterocycles. The van der Waals surface area contributed by atoms with Crippen LogP contribution in [0.1, 0.15) is 5.01 Å². The third-order valence-corrected chi connectivity index (χ3v) is 5.06. The predicted molar refractivity (Wildman–Crippen MR) is 85.0 cm³/mol. The number of nitrogens with one attached hydrogen (secondary N) is 2. The molecule has 19 heavy (non-hydrogen) atoms. The second-order valence-electron chi connectivity index (χ2n) is 4.18. The molecule has 0 aliphatic carbocycles. The molecule has 0 bridgehead atoms. The van der Waals surface area contributed by atoms with Crippen molar-refractivity contribution >= 4 is 61.4 Å². The highest BCUT2D eigenvalue weighted by atomic mass is 32.2. The fourth-order valence-electron chi connectivity index (χ4n) is 1.89. The minimum Gasteiger partial charge on any atom is -0.383 e. The molecule has 3 rings (SSSR count). The number of thioether (sulfide) groups is 1. The van der Waals surface area contributed by atoms with Gasteiger partial charge in [-0.25, -0.2) is 4.98 Å². The molecule has 2 heterocycles. The Kier molecular flexibility index (Phi) is 3.42. The largest absolute Gasteiger partial charge is 0.383 e. The number of carbonyl (C=O) groups excluding carboxylic acids is 1. The average Bonchev–Trinajstić information content (AvgIpc) is 2.87. The summed E-state index contributed by atoms with van der Waals surface area (Å²) in [5, 5.41) is 6.83. The van der Waals surface area contributed by atoms with Gasteiger partial charge in [0.25, 0.3) is 0 Å². The van der Waals surface area contributed by atoms with Crippen LogP contribution in [0.25, 0.3) is 10.2 Å². The topological polar surface area (TPSA) is 54.0 Å². The highest BCUT2D eigenvalue weighted by Crippen LogP contribution is 2.25. The predicted octanol–water partition coefficient (Wildman–Crippen LogP) is 2.53. The number of aromatic nitrogens is 1. The van der Waals surface area contributed by atoms with Crippen LogP contribution in [-0.4, -0.2) is 27.0 Å². The van der Waals surface area contributed by atoms with Gasteiger partial charge in [0.2, 0.25) is 5.91 Å². The smallest absolute Gasteiger partial charge is 0.240 e. The van der Waals surface area contributed by atoms with E-state index in [2.05, 4.69) is 21.7 Å². The van der Waals surface area contributed by atoms with Gasteiger partial charge in [0.05, 0.1) is 15.2 Å². The number of nitrogens with zero attached hydrogens (tertiary/aromatic N) is 1. The summed E-state index contributed by atoms with van der Waals surface area (Å²) in [6.45, 7) is 2.57. The number of hydrogen-bond donors (Lipinski definition) is 2. The summed E-state index contributed by atoms with van der Waals surface area (Å²) in [5.41, 5.74) is 2.02. The fourth-order valence-corrected chi connectivity index (χ4v) is 3.95. The van der Waals surface area contributed by atoms with Crippen molar-refractivity contribution in [2.45, 2.75) is 12.2 Å². The molecule has 1 fully saturated rings. The number of rotatable bonds is 3. The highest BCUT2D eigenvalue weighted by molar-refractivity contribution is 8.24. The molecular formula is C12H11N3OS3. The van der Waals surface area contributed by atoms with Crippen molar-refractivity contribution < 1.29 is 4.79 Å². The van der Waals surface area contributed by atoms with Gasteiger partial charge in [-0.3, -0.25) is 4.79 Å². The van der Waals surface area contributed by atoms with E-state index in [0.717, 1.165) is 20.9 Å². The molecule has 0 saturated carbocycles. The number of benzene rings is 1. The number of fused-ring (bicyclic) bond motifs is 1. The lowest BCUT2D eigenvalue weighted by Gasteiger charge is -2.08. The van der Waals surface area contributed by atoms with Gasteiger partial charge in [-0.05, 0) is 25.1 Å². The van der Waals surface area contributed by atoms with Crippen LogP contribution in [0.3, 0.4) is 0 Å². The quantitative estimate of drug-likeness (QED) is 0.853. The monoisotopic (exact) mass is 309 g/mol. The van der Waals surface area contributed by atoms with E-state index in [1.54, 1.807) is 11.3 Å². The van der Waals surface area contributed by atoms with E-state index < -0.39 is 0 Å². The maximum atomic E-state index is 11.6. The Morgan fingerprint density at radius 3 is 3.11 bits per heavy atom. The Balaban J connectivity index is 1.71. The number of carbonyl (C=O) groups is 1. The van der Waals surface area contributed by atoms with E-state index in [0.29, 0.717) is 10.9 Å². The molecule has 1 aromatic carbocycles. The highest BCUT2D eigenvalue weighted by Gasteiger charge is 2.28. The summed E-state index contributed by atoms with van der Waals surface area (Å²) in [4.78, 5) is 16.0. The van der Waals surface area contributed by atoms with Gasteiger partial charge in [-0.2, -0.15) is 0 Å². The number of thiazole rings is 1. The van der Waals surface area contributed by atoms with Gasteiger partial charge >= 0.3 is 0 Å². The summed E-state index contributed by atoms with van der Waals surface area (Å²) < 4.78 is 1.71. The summed E-state index contributed by atoms with van der Waals surface area (Å²) in [6.07, 6.45) is 0. The van der Waals surface area contributed by atoms with Gasteiger partial charge in [0.15, 0.2) is 0 Å².